The average molecular weight is 640 g/mol. The van der Waals surface area contributed by atoms with Gasteiger partial charge >= 0.3 is 0 Å². The minimum atomic E-state index is -4.25. The molecule has 4 aromatic rings. The second-order valence-corrected chi connectivity index (χ2v) is 13.6. The Morgan fingerprint density at radius 3 is 2.49 bits per heavy atom. The van der Waals surface area contributed by atoms with Crippen LogP contribution >= 0.6 is 23.2 Å². The van der Waals surface area contributed by atoms with E-state index in [4.69, 9.17) is 28.0 Å². The molecule has 5 N–H and O–H groups in total. The Morgan fingerprint density at radius 1 is 1.07 bits per heavy atom. The highest BCUT2D eigenvalue weighted by Crippen LogP contribution is 2.33. The number of benzene rings is 3. The third-order valence-electron chi connectivity index (χ3n) is 5.72. The van der Waals surface area contributed by atoms with Crippen molar-refractivity contribution in [3.8, 4) is 11.1 Å². The van der Waals surface area contributed by atoms with E-state index in [-0.39, 0.29) is 39.0 Å². The summed E-state index contributed by atoms with van der Waals surface area (Å²) in [5.41, 5.74) is 0.885. The van der Waals surface area contributed by atoms with Gasteiger partial charge in [-0.1, -0.05) is 41.4 Å². The summed E-state index contributed by atoms with van der Waals surface area (Å²) < 4.78 is 63.0. The molecule has 1 aromatic heterocycles. The number of aromatic nitrogens is 2. The molecule has 0 spiro atoms. The number of anilines is 4. The quantitative estimate of drug-likeness (QED) is 0.142. The van der Waals surface area contributed by atoms with Crippen LogP contribution in [0.25, 0.3) is 11.1 Å². The minimum absolute atomic E-state index is 0.0366. The molecule has 1 unspecified atom stereocenters. The number of halogens is 3. The monoisotopic (exact) mass is 638 g/mol. The van der Waals surface area contributed by atoms with Crippen LogP contribution in [-0.2, 0) is 19.8 Å². The van der Waals surface area contributed by atoms with E-state index in [1.54, 1.807) is 31.2 Å². The van der Waals surface area contributed by atoms with Crippen molar-refractivity contribution in [1.29, 1.82) is 4.78 Å². The molecule has 216 valence electrons. The van der Waals surface area contributed by atoms with E-state index in [0.717, 1.165) is 6.07 Å². The molecule has 3 aromatic carbocycles. The van der Waals surface area contributed by atoms with Crippen LogP contribution in [-0.4, -0.2) is 46.6 Å². The maximum atomic E-state index is 15.2. The van der Waals surface area contributed by atoms with Crippen molar-refractivity contribution in [3.05, 3.63) is 82.7 Å². The standard InChI is InChI=1S/C26H25Cl2FN6O4S2/c1-15(14-36)32-25-19(13-31-26(34-25)33-17-5-3-6-18(12-17)40(2,30)37)16-9-10-22(21(29)11-16)35-41(38,39)23-8-4-7-20(27)24(23)28/h3-13,15,30,35-36H,14H2,1-2H3,(H2,31,32,33,34)/t15-,40?/m1/s1. The van der Waals surface area contributed by atoms with Crippen LogP contribution < -0.4 is 15.4 Å². The lowest BCUT2D eigenvalue weighted by Crippen LogP contribution is -2.21. The molecule has 15 heteroatoms. The predicted molar refractivity (Wildman–Crippen MR) is 160 cm³/mol. The Hall–Kier alpha value is -3.49. The summed E-state index contributed by atoms with van der Waals surface area (Å²) in [4.78, 5) is 8.80. The van der Waals surface area contributed by atoms with E-state index in [0.29, 0.717) is 21.7 Å². The molecule has 0 aliphatic heterocycles. The highest BCUT2D eigenvalue weighted by atomic mass is 35.5. The Bertz CT molecular complexity index is 1820. The minimum Gasteiger partial charge on any atom is -0.394 e. The fourth-order valence-corrected chi connectivity index (χ4v) is 6.16. The van der Waals surface area contributed by atoms with Crippen molar-refractivity contribution < 1.29 is 22.1 Å². The van der Waals surface area contributed by atoms with Gasteiger partial charge < -0.3 is 15.7 Å². The summed E-state index contributed by atoms with van der Waals surface area (Å²) in [5, 5.41) is 15.5. The molecule has 0 aliphatic carbocycles. The summed E-state index contributed by atoms with van der Waals surface area (Å²) in [6.45, 7) is 1.50. The maximum Gasteiger partial charge on any atom is 0.263 e. The zero-order valence-corrected chi connectivity index (χ0v) is 24.8. The molecule has 0 aliphatic rings. The maximum absolute atomic E-state index is 15.2. The first-order valence-corrected chi connectivity index (χ1v) is 16.1. The Kier molecular flexibility index (Phi) is 9.04. The van der Waals surface area contributed by atoms with Gasteiger partial charge in [0, 0.05) is 34.6 Å². The summed E-state index contributed by atoms with van der Waals surface area (Å²) in [7, 11) is -7.19. The molecular weight excluding hydrogens is 614 g/mol. The van der Waals surface area contributed by atoms with Gasteiger partial charge in [-0.2, -0.15) is 4.98 Å². The predicted octanol–water partition coefficient (Wildman–Crippen LogP) is 5.96. The van der Waals surface area contributed by atoms with Crippen molar-refractivity contribution in [1.82, 2.24) is 9.97 Å². The summed E-state index contributed by atoms with van der Waals surface area (Å²) in [5.74, 6) is -0.462. The number of aliphatic hydroxyl groups is 1. The van der Waals surface area contributed by atoms with Crippen LogP contribution in [0.1, 0.15) is 6.92 Å². The average Bonchev–Trinajstić information content (AvgIpc) is 2.91. The zero-order chi connectivity index (χ0) is 29.9. The number of sulfonamides is 1. The fourth-order valence-electron chi connectivity index (χ4n) is 3.64. The third kappa shape index (κ3) is 7.24. The molecule has 4 rings (SSSR count). The van der Waals surface area contributed by atoms with Crippen LogP contribution in [0.15, 0.2) is 76.7 Å². The lowest BCUT2D eigenvalue weighted by Gasteiger charge is -2.17. The van der Waals surface area contributed by atoms with Gasteiger partial charge in [0.05, 0.1) is 32.1 Å². The van der Waals surface area contributed by atoms with E-state index >= 15 is 4.39 Å². The Balaban J connectivity index is 1.66. The van der Waals surface area contributed by atoms with Gasteiger partial charge in [0.1, 0.15) is 16.5 Å². The highest BCUT2D eigenvalue weighted by molar-refractivity contribution is 7.93. The molecule has 10 nitrogen and oxygen atoms in total. The number of rotatable bonds is 10. The Labute approximate surface area is 247 Å². The van der Waals surface area contributed by atoms with Crippen LogP contribution in [0.2, 0.25) is 10.0 Å². The van der Waals surface area contributed by atoms with Gasteiger partial charge in [-0.25, -0.2) is 26.8 Å². The molecule has 2 atom stereocenters. The molecule has 41 heavy (non-hydrogen) atoms. The van der Waals surface area contributed by atoms with E-state index in [1.165, 1.54) is 42.8 Å². The van der Waals surface area contributed by atoms with Gasteiger partial charge in [0.2, 0.25) is 5.95 Å². The summed E-state index contributed by atoms with van der Waals surface area (Å²) in [6, 6.07) is 14.0. The fraction of sp³-hybridized carbons (Fsp3) is 0.154. The van der Waals surface area contributed by atoms with E-state index in [9.17, 15) is 17.7 Å². The summed E-state index contributed by atoms with van der Waals surface area (Å²) >= 11 is 12.0. The summed E-state index contributed by atoms with van der Waals surface area (Å²) in [6.07, 6.45) is 2.75. The van der Waals surface area contributed by atoms with E-state index in [1.807, 2.05) is 0 Å². The van der Waals surface area contributed by atoms with Crippen molar-refractivity contribution in [3.63, 3.8) is 0 Å². The normalized spacial score (nSPS) is 13.7. The van der Waals surface area contributed by atoms with Gasteiger partial charge in [0.15, 0.2) is 0 Å². The molecule has 0 radical (unpaired) electrons. The van der Waals surface area contributed by atoms with Gasteiger partial charge in [-0.05, 0) is 55.0 Å². The van der Waals surface area contributed by atoms with Crippen LogP contribution in [0.3, 0.4) is 0 Å². The van der Waals surface area contributed by atoms with E-state index < -0.39 is 31.6 Å². The smallest absolute Gasteiger partial charge is 0.263 e. The number of hydrogen-bond donors (Lipinski definition) is 5. The largest absolute Gasteiger partial charge is 0.394 e. The molecule has 0 bridgehead atoms. The molecule has 0 amide bonds. The SMILES string of the molecule is C[C@H](CO)Nc1nc(Nc2cccc(S(C)(=N)=O)c2)ncc1-c1ccc(NS(=O)(=O)c2cccc(Cl)c2Cl)c(F)c1. The number of aliphatic hydroxyl groups excluding tert-OH is 1. The molecule has 0 saturated carbocycles. The first kappa shape index (κ1) is 30.5. The number of nitrogens with one attached hydrogen (secondary N) is 4. The van der Waals surface area contributed by atoms with Crippen molar-refractivity contribution >= 4 is 66.1 Å². The topological polar surface area (TPSA) is 157 Å². The first-order chi connectivity index (χ1) is 19.3. The lowest BCUT2D eigenvalue weighted by molar-refractivity contribution is 0.281. The van der Waals surface area contributed by atoms with E-state index in [2.05, 4.69) is 25.3 Å². The molecular formula is C26H25Cl2FN6O4S2. The van der Waals surface area contributed by atoms with Gasteiger partial charge in [0.25, 0.3) is 10.0 Å². The highest BCUT2D eigenvalue weighted by Gasteiger charge is 2.22. The second-order valence-electron chi connectivity index (χ2n) is 9.03. The second kappa shape index (κ2) is 12.2. The van der Waals surface area contributed by atoms with Crippen molar-refractivity contribution in [2.75, 3.05) is 28.2 Å². The molecule has 1 heterocycles. The number of nitrogens with zero attached hydrogens (tertiary/aromatic N) is 2. The molecule has 0 saturated heterocycles. The van der Waals surface area contributed by atoms with Crippen LogP contribution in [0.5, 0.6) is 0 Å². The van der Waals surface area contributed by atoms with Crippen molar-refractivity contribution in [2.45, 2.75) is 22.8 Å². The van der Waals surface area contributed by atoms with Crippen LogP contribution in [0.4, 0.5) is 27.5 Å². The van der Waals surface area contributed by atoms with Gasteiger partial charge in [-0.15, -0.1) is 0 Å². The first-order valence-electron chi connectivity index (χ1n) is 11.9. The molecule has 0 fully saturated rings. The van der Waals surface area contributed by atoms with Crippen molar-refractivity contribution in [2.24, 2.45) is 0 Å². The van der Waals surface area contributed by atoms with Crippen LogP contribution in [0, 0.1) is 10.6 Å². The van der Waals surface area contributed by atoms with Gasteiger partial charge in [-0.3, -0.25) is 4.72 Å². The lowest BCUT2D eigenvalue weighted by atomic mass is 10.1. The number of hydrogen-bond acceptors (Lipinski definition) is 9. The third-order valence-corrected chi connectivity index (χ3v) is 9.21. The Morgan fingerprint density at radius 2 is 1.80 bits per heavy atom. The zero-order valence-electron chi connectivity index (χ0n) is 21.7.